The fraction of sp³-hybridized carbons (Fsp3) is 0.294. The van der Waals surface area contributed by atoms with E-state index in [1.165, 1.54) is 17.7 Å². The number of hydrazine groups is 1. The van der Waals surface area contributed by atoms with Crippen LogP contribution in [0.15, 0.2) is 48.5 Å². The standard InChI is InChI=1S/C17H18ClFN2/c18-15-8-7-13(19)11-14(15)16(21-20)17(9-4-10-17)12-5-2-1-3-6-12/h1-3,5-8,11,16,21H,4,9-10,20H2. The van der Waals surface area contributed by atoms with Gasteiger partial charge in [-0.3, -0.25) is 11.3 Å². The predicted molar refractivity (Wildman–Crippen MR) is 83.4 cm³/mol. The van der Waals surface area contributed by atoms with E-state index in [1.54, 1.807) is 6.07 Å². The normalized spacial score (nSPS) is 18.0. The molecule has 1 fully saturated rings. The second-order valence-corrected chi connectivity index (χ2v) is 6.05. The Hall–Kier alpha value is -1.42. The Balaban J connectivity index is 2.08. The van der Waals surface area contributed by atoms with E-state index in [9.17, 15) is 4.39 Å². The lowest BCUT2D eigenvalue weighted by Crippen LogP contribution is -2.49. The molecule has 2 aromatic rings. The topological polar surface area (TPSA) is 38.0 Å². The molecule has 21 heavy (non-hydrogen) atoms. The Morgan fingerprint density at radius 1 is 1.14 bits per heavy atom. The SMILES string of the molecule is NNC(c1cc(F)ccc1Cl)C1(c2ccccc2)CCC1. The Labute approximate surface area is 129 Å². The van der Waals surface area contributed by atoms with Gasteiger partial charge in [0.05, 0.1) is 6.04 Å². The maximum atomic E-state index is 13.6. The van der Waals surface area contributed by atoms with Crippen molar-refractivity contribution < 1.29 is 4.39 Å². The quantitative estimate of drug-likeness (QED) is 0.659. The summed E-state index contributed by atoms with van der Waals surface area (Å²) in [4.78, 5) is 0. The van der Waals surface area contributed by atoms with Gasteiger partial charge in [-0.15, -0.1) is 0 Å². The fourth-order valence-electron chi connectivity index (χ4n) is 3.35. The molecule has 0 aliphatic heterocycles. The first-order valence-corrected chi connectivity index (χ1v) is 7.52. The van der Waals surface area contributed by atoms with Crippen molar-refractivity contribution in [3.63, 3.8) is 0 Å². The smallest absolute Gasteiger partial charge is 0.123 e. The largest absolute Gasteiger partial charge is 0.271 e. The molecule has 0 aromatic heterocycles. The molecule has 2 nitrogen and oxygen atoms in total. The van der Waals surface area contributed by atoms with Crippen molar-refractivity contribution in [3.05, 3.63) is 70.5 Å². The molecule has 3 rings (SSSR count). The summed E-state index contributed by atoms with van der Waals surface area (Å²) in [6.45, 7) is 0. The second-order valence-electron chi connectivity index (χ2n) is 5.64. The maximum absolute atomic E-state index is 13.6. The van der Waals surface area contributed by atoms with Gasteiger partial charge >= 0.3 is 0 Å². The van der Waals surface area contributed by atoms with Gasteiger partial charge < -0.3 is 0 Å². The van der Waals surface area contributed by atoms with E-state index in [0.29, 0.717) is 5.02 Å². The zero-order valence-electron chi connectivity index (χ0n) is 11.7. The van der Waals surface area contributed by atoms with Crippen molar-refractivity contribution >= 4 is 11.6 Å². The molecule has 3 N–H and O–H groups in total. The van der Waals surface area contributed by atoms with Crippen molar-refractivity contribution in [2.45, 2.75) is 30.7 Å². The monoisotopic (exact) mass is 304 g/mol. The number of halogens is 2. The third kappa shape index (κ3) is 2.46. The van der Waals surface area contributed by atoms with E-state index >= 15 is 0 Å². The van der Waals surface area contributed by atoms with Gasteiger partial charge in [0.15, 0.2) is 0 Å². The molecule has 0 amide bonds. The summed E-state index contributed by atoms with van der Waals surface area (Å²) in [5.41, 5.74) is 4.71. The van der Waals surface area contributed by atoms with Crippen LogP contribution in [0.4, 0.5) is 4.39 Å². The molecular weight excluding hydrogens is 287 g/mol. The highest BCUT2D eigenvalue weighted by Gasteiger charge is 2.46. The molecule has 2 aromatic carbocycles. The number of hydrogen-bond acceptors (Lipinski definition) is 2. The first-order valence-electron chi connectivity index (χ1n) is 7.14. The summed E-state index contributed by atoms with van der Waals surface area (Å²) in [6.07, 6.45) is 3.16. The van der Waals surface area contributed by atoms with E-state index < -0.39 is 0 Å². The zero-order valence-corrected chi connectivity index (χ0v) is 12.4. The minimum absolute atomic E-state index is 0.118. The first kappa shape index (κ1) is 14.5. The molecule has 0 heterocycles. The van der Waals surface area contributed by atoms with Crippen LogP contribution in [-0.2, 0) is 5.41 Å². The molecule has 0 spiro atoms. The molecule has 1 atom stereocenters. The highest BCUT2D eigenvalue weighted by Crippen LogP contribution is 2.52. The van der Waals surface area contributed by atoms with Crippen LogP contribution >= 0.6 is 11.6 Å². The molecule has 1 unspecified atom stereocenters. The van der Waals surface area contributed by atoms with Gasteiger partial charge in [-0.25, -0.2) is 4.39 Å². The number of nitrogens with one attached hydrogen (secondary N) is 1. The van der Waals surface area contributed by atoms with Gasteiger partial charge in [0.25, 0.3) is 0 Å². The van der Waals surface area contributed by atoms with Crippen LogP contribution in [0.25, 0.3) is 0 Å². The molecule has 1 saturated carbocycles. The van der Waals surface area contributed by atoms with Gasteiger partial charge in [-0.2, -0.15) is 0 Å². The van der Waals surface area contributed by atoms with Crippen molar-refractivity contribution in [1.82, 2.24) is 5.43 Å². The van der Waals surface area contributed by atoms with Crippen LogP contribution in [0.2, 0.25) is 5.02 Å². The maximum Gasteiger partial charge on any atom is 0.123 e. The fourth-order valence-corrected chi connectivity index (χ4v) is 3.58. The van der Waals surface area contributed by atoms with Crippen LogP contribution in [0.3, 0.4) is 0 Å². The lowest BCUT2D eigenvalue weighted by Gasteiger charge is -2.48. The molecule has 0 bridgehead atoms. The van der Waals surface area contributed by atoms with Crippen molar-refractivity contribution in [3.8, 4) is 0 Å². The zero-order chi connectivity index (χ0) is 14.9. The van der Waals surface area contributed by atoms with Crippen LogP contribution in [0, 0.1) is 5.82 Å². The van der Waals surface area contributed by atoms with Crippen LogP contribution < -0.4 is 11.3 Å². The highest BCUT2D eigenvalue weighted by atomic mass is 35.5. The average molecular weight is 305 g/mol. The molecule has 0 saturated heterocycles. The van der Waals surface area contributed by atoms with Crippen molar-refractivity contribution in [2.24, 2.45) is 5.84 Å². The van der Waals surface area contributed by atoms with Gasteiger partial charge in [-0.1, -0.05) is 48.4 Å². The van der Waals surface area contributed by atoms with Crippen LogP contribution in [-0.4, -0.2) is 0 Å². The molecule has 1 aliphatic rings. The molecule has 1 aliphatic carbocycles. The third-order valence-corrected chi connectivity index (χ3v) is 4.93. The van der Waals surface area contributed by atoms with E-state index in [2.05, 4.69) is 17.6 Å². The summed E-state index contributed by atoms with van der Waals surface area (Å²) < 4.78 is 13.6. The minimum Gasteiger partial charge on any atom is -0.271 e. The van der Waals surface area contributed by atoms with Gasteiger partial charge in [0.2, 0.25) is 0 Å². The molecule has 4 heteroatoms. The molecular formula is C17H18ClFN2. The second kappa shape index (κ2) is 5.76. The van der Waals surface area contributed by atoms with Gasteiger partial charge in [0.1, 0.15) is 5.82 Å². The third-order valence-electron chi connectivity index (χ3n) is 4.58. The lowest BCUT2D eigenvalue weighted by molar-refractivity contribution is 0.170. The summed E-state index contributed by atoms with van der Waals surface area (Å²) in [7, 11) is 0. The predicted octanol–water partition coefficient (Wildman–Crippen LogP) is 4.11. The Morgan fingerprint density at radius 3 is 2.43 bits per heavy atom. The summed E-state index contributed by atoms with van der Waals surface area (Å²) >= 11 is 6.28. The van der Waals surface area contributed by atoms with Gasteiger partial charge in [-0.05, 0) is 42.2 Å². The Bertz CT molecular complexity index is 626. The van der Waals surface area contributed by atoms with E-state index in [-0.39, 0.29) is 17.3 Å². The summed E-state index contributed by atoms with van der Waals surface area (Å²) in [5.74, 6) is 5.53. The number of hydrogen-bond donors (Lipinski definition) is 2. The average Bonchev–Trinajstić information content (AvgIpc) is 2.46. The number of nitrogens with two attached hydrogens (primary N) is 1. The lowest BCUT2D eigenvalue weighted by atomic mass is 9.59. The number of benzene rings is 2. The Kier molecular flexibility index (Phi) is 3.98. The van der Waals surface area contributed by atoms with Crippen LogP contribution in [0.1, 0.15) is 36.4 Å². The summed E-state index contributed by atoms with van der Waals surface area (Å²) in [5, 5.41) is 0.543. The van der Waals surface area contributed by atoms with E-state index in [1.807, 2.05) is 18.2 Å². The van der Waals surface area contributed by atoms with Crippen LogP contribution in [0.5, 0.6) is 0 Å². The van der Waals surface area contributed by atoms with Crippen molar-refractivity contribution in [2.75, 3.05) is 0 Å². The van der Waals surface area contributed by atoms with E-state index in [4.69, 9.17) is 17.4 Å². The Morgan fingerprint density at radius 2 is 1.86 bits per heavy atom. The first-order chi connectivity index (χ1) is 10.2. The number of rotatable bonds is 4. The summed E-state index contributed by atoms with van der Waals surface area (Å²) in [6, 6.07) is 14.5. The highest BCUT2D eigenvalue weighted by molar-refractivity contribution is 6.31. The van der Waals surface area contributed by atoms with E-state index in [0.717, 1.165) is 24.8 Å². The van der Waals surface area contributed by atoms with Gasteiger partial charge in [0, 0.05) is 10.4 Å². The molecule has 0 radical (unpaired) electrons. The molecule has 110 valence electrons. The minimum atomic E-state index is -0.294. The van der Waals surface area contributed by atoms with Crippen molar-refractivity contribution in [1.29, 1.82) is 0 Å².